The van der Waals surface area contributed by atoms with Gasteiger partial charge in [-0.05, 0) is 42.3 Å². The summed E-state index contributed by atoms with van der Waals surface area (Å²) in [6, 6.07) is 7.67. The summed E-state index contributed by atoms with van der Waals surface area (Å²) in [5.41, 5.74) is 1.13. The van der Waals surface area contributed by atoms with Crippen LogP contribution in [-0.2, 0) is 14.3 Å². The second-order valence-corrected chi connectivity index (χ2v) is 8.15. The van der Waals surface area contributed by atoms with Crippen LogP contribution in [-0.4, -0.2) is 85.2 Å². The average molecular weight is 468 g/mol. The fourth-order valence-corrected chi connectivity index (χ4v) is 4.43. The lowest BCUT2D eigenvalue weighted by atomic mass is 9.95. The van der Waals surface area contributed by atoms with Gasteiger partial charge in [0, 0.05) is 44.1 Å². The standard InChI is InChI=1S/C25H29N3O6/c1-32-19-5-4-18(16-20(19)33-2)23(29)21-22(17-6-8-26-9-7-17)28(25(31)24(21)30)11-3-10-27-12-14-34-15-13-27/h4-9,16,22,29H,3,10-15H2,1-2H3/b23-21-. The quantitative estimate of drug-likeness (QED) is 0.358. The highest BCUT2D eigenvalue weighted by Gasteiger charge is 2.45. The molecule has 1 atom stereocenters. The number of carbonyl (C=O) groups excluding carboxylic acids is 2. The Labute approximate surface area is 198 Å². The first-order valence-electron chi connectivity index (χ1n) is 11.3. The molecule has 2 aliphatic rings. The summed E-state index contributed by atoms with van der Waals surface area (Å²) >= 11 is 0. The fraction of sp³-hybridized carbons (Fsp3) is 0.400. The molecule has 0 aliphatic carbocycles. The molecule has 2 fully saturated rings. The van der Waals surface area contributed by atoms with Gasteiger partial charge in [-0.25, -0.2) is 0 Å². The fourth-order valence-electron chi connectivity index (χ4n) is 4.43. The minimum atomic E-state index is -0.708. The largest absolute Gasteiger partial charge is 0.507 e. The number of ketones is 1. The molecule has 0 saturated carbocycles. The van der Waals surface area contributed by atoms with Gasteiger partial charge in [-0.2, -0.15) is 0 Å². The lowest BCUT2D eigenvalue weighted by Gasteiger charge is -2.29. The van der Waals surface area contributed by atoms with Gasteiger partial charge in [0.05, 0.1) is 39.0 Å². The van der Waals surface area contributed by atoms with Crippen LogP contribution in [0, 0.1) is 0 Å². The molecular weight excluding hydrogens is 438 g/mol. The van der Waals surface area contributed by atoms with Gasteiger partial charge in [-0.3, -0.25) is 19.5 Å². The molecule has 1 N–H and O–H groups in total. The highest BCUT2D eigenvalue weighted by molar-refractivity contribution is 6.46. The van der Waals surface area contributed by atoms with Crippen molar-refractivity contribution in [2.45, 2.75) is 12.5 Å². The molecule has 0 spiro atoms. The molecule has 4 rings (SSSR count). The molecule has 180 valence electrons. The van der Waals surface area contributed by atoms with Crippen LogP contribution >= 0.6 is 0 Å². The Kier molecular flexibility index (Phi) is 7.44. The first kappa shape index (κ1) is 23.7. The molecular formula is C25H29N3O6. The number of ether oxygens (including phenoxy) is 3. The van der Waals surface area contributed by atoms with Crippen LogP contribution in [0.2, 0.25) is 0 Å². The number of aromatic nitrogens is 1. The molecule has 2 aliphatic heterocycles. The number of benzene rings is 1. The van der Waals surface area contributed by atoms with E-state index in [0.29, 0.717) is 48.8 Å². The van der Waals surface area contributed by atoms with Crippen LogP contribution in [0.3, 0.4) is 0 Å². The second kappa shape index (κ2) is 10.7. The Morgan fingerprint density at radius 1 is 1.06 bits per heavy atom. The minimum Gasteiger partial charge on any atom is -0.507 e. The van der Waals surface area contributed by atoms with Crippen molar-refractivity contribution in [2.75, 3.05) is 53.6 Å². The number of aliphatic hydroxyl groups is 1. The number of Topliss-reactive ketones (excluding diaryl/α,β-unsaturated/α-hetero) is 1. The third-order valence-electron chi connectivity index (χ3n) is 6.20. The number of carbonyl (C=O) groups is 2. The number of methoxy groups -OCH3 is 2. The zero-order chi connectivity index (χ0) is 24.1. The highest BCUT2D eigenvalue weighted by Crippen LogP contribution is 2.40. The van der Waals surface area contributed by atoms with Gasteiger partial charge in [0.2, 0.25) is 0 Å². The molecule has 9 heteroatoms. The van der Waals surface area contributed by atoms with Crippen LogP contribution in [0.15, 0.2) is 48.3 Å². The number of rotatable bonds is 8. The number of nitrogens with zero attached hydrogens (tertiary/aromatic N) is 3. The van der Waals surface area contributed by atoms with Crippen molar-refractivity contribution in [2.24, 2.45) is 0 Å². The molecule has 0 bridgehead atoms. The topological polar surface area (TPSA) is 101 Å². The summed E-state index contributed by atoms with van der Waals surface area (Å²) in [7, 11) is 3.01. The molecule has 0 radical (unpaired) electrons. The van der Waals surface area contributed by atoms with Crippen molar-refractivity contribution in [3.63, 3.8) is 0 Å². The van der Waals surface area contributed by atoms with Crippen molar-refractivity contribution >= 4 is 17.4 Å². The Morgan fingerprint density at radius 3 is 2.44 bits per heavy atom. The van der Waals surface area contributed by atoms with Crippen LogP contribution in [0.4, 0.5) is 0 Å². The van der Waals surface area contributed by atoms with E-state index < -0.39 is 17.7 Å². The van der Waals surface area contributed by atoms with Crippen molar-refractivity contribution in [1.82, 2.24) is 14.8 Å². The number of hydrogen-bond donors (Lipinski definition) is 1. The molecule has 1 amide bonds. The van der Waals surface area contributed by atoms with Crippen molar-refractivity contribution < 1.29 is 28.9 Å². The third kappa shape index (κ3) is 4.76. The predicted octanol–water partition coefficient (Wildman–Crippen LogP) is 2.24. The van der Waals surface area contributed by atoms with E-state index in [-0.39, 0.29) is 11.3 Å². The Balaban J connectivity index is 1.67. The van der Waals surface area contributed by atoms with Gasteiger partial charge in [0.25, 0.3) is 11.7 Å². The predicted molar refractivity (Wildman–Crippen MR) is 125 cm³/mol. The van der Waals surface area contributed by atoms with E-state index in [0.717, 1.165) is 19.6 Å². The first-order valence-corrected chi connectivity index (χ1v) is 11.3. The molecule has 34 heavy (non-hydrogen) atoms. The molecule has 9 nitrogen and oxygen atoms in total. The molecule has 1 unspecified atom stereocenters. The lowest BCUT2D eigenvalue weighted by molar-refractivity contribution is -0.140. The summed E-state index contributed by atoms with van der Waals surface area (Å²) in [6.07, 6.45) is 3.92. The van der Waals surface area contributed by atoms with E-state index in [1.54, 1.807) is 47.6 Å². The van der Waals surface area contributed by atoms with E-state index in [9.17, 15) is 14.7 Å². The van der Waals surface area contributed by atoms with E-state index in [1.165, 1.54) is 14.2 Å². The average Bonchev–Trinajstić information content (AvgIpc) is 3.14. The molecule has 2 saturated heterocycles. The summed E-state index contributed by atoms with van der Waals surface area (Å²) in [5.74, 6) is -0.678. The van der Waals surface area contributed by atoms with Gasteiger partial charge in [-0.15, -0.1) is 0 Å². The van der Waals surface area contributed by atoms with E-state index in [2.05, 4.69) is 9.88 Å². The van der Waals surface area contributed by atoms with Gasteiger partial charge in [-0.1, -0.05) is 0 Å². The van der Waals surface area contributed by atoms with E-state index >= 15 is 0 Å². The Bertz CT molecular complexity index is 1070. The van der Waals surface area contributed by atoms with Crippen molar-refractivity contribution in [1.29, 1.82) is 0 Å². The Morgan fingerprint density at radius 2 is 1.76 bits per heavy atom. The third-order valence-corrected chi connectivity index (χ3v) is 6.20. The number of amides is 1. The van der Waals surface area contributed by atoms with Crippen molar-refractivity contribution in [3.8, 4) is 11.5 Å². The maximum absolute atomic E-state index is 13.1. The summed E-state index contributed by atoms with van der Waals surface area (Å²) in [6.45, 7) is 4.29. The SMILES string of the molecule is COc1ccc(/C(O)=C2/C(=O)C(=O)N(CCCN3CCOCC3)C2c2ccncc2)cc1OC. The minimum absolute atomic E-state index is 0.0507. The highest BCUT2D eigenvalue weighted by atomic mass is 16.5. The number of likely N-dealkylation sites (tertiary alicyclic amines) is 1. The van der Waals surface area contributed by atoms with Crippen LogP contribution < -0.4 is 9.47 Å². The van der Waals surface area contributed by atoms with Crippen LogP contribution in [0.1, 0.15) is 23.6 Å². The van der Waals surface area contributed by atoms with Gasteiger partial charge in [0.15, 0.2) is 11.5 Å². The number of hydrogen-bond acceptors (Lipinski definition) is 8. The van der Waals surface area contributed by atoms with E-state index in [4.69, 9.17) is 14.2 Å². The van der Waals surface area contributed by atoms with Gasteiger partial charge >= 0.3 is 0 Å². The summed E-state index contributed by atoms with van der Waals surface area (Å²) < 4.78 is 16.0. The normalized spacial score (nSPS) is 20.5. The lowest BCUT2D eigenvalue weighted by Crippen LogP contribution is -2.38. The van der Waals surface area contributed by atoms with Crippen LogP contribution in [0.5, 0.6) is 11.5 Å². The number of morpholine rings is 1. The summed E-state index contributed by atoms with van der Waals surface area (Å²) in [5, 5.41) is 11.2. The second-order valence-electron chi connectivity index (χ2n) is 8.15. The zero-order valence-corrected chi connectivity index (χ0v) is 19.4. The van der Waals surface area contributed by atoms with Crippen LogP contribution in [0.25, 0.3) is 5.76 Å². The maximum Gasteiger partial charge on any atom is 0.295 e. The molecule has 1 aromatic heterocycles. The summed E-state index contributed by atoms with van der Waals surface area (Å²) in [4.78, 5) is 34.1. The smallest absolute Gasteiger partial charge is 0.295 e. The van der Waals surface area contributed by atoms with Crippen molar-refractivity contribution in [3.05, 3.63) is 59.4 Å². The monoisotopic (exact) mass is 467 g/mol. The zero-order valence-electron chi connectivity index (χ0n) is 19.4. The van der Waals surface area contributed by atoms with Gasteiger partial charge < -0.3 is 24.2 Å². The molecule has 2 aromatic rings. The molecule has 1 aromatic carbocycles. The van der Waals surface area contributed by atoms with Gasteiger partial charge in [0.1, 0.15) is 5.76 Å². The number of aliphatic hydroxyl groups excluding tert-OH is 1. The van der Waals surface area contributed by atoms with E-state index in [1.807, 2.05) is 0 Å². The maximum atomic E-state index is 13.1. The molecule has 3 heterocycles. The Hall–Kier alpha value is -3.43. The first-order chi connectivity index (χ1) is 16.5. The number of pyridine rings is 1.